The monoisotopic (exact) mass is 274 g/mol. The highest BCUT2D eigenvalue weighted by atomic mass is 16.4. The van der Waals surface area contributed by atoms with Crippen molar-refractivity contribution in [3.63, 3.8) is 0 Å². The minimum absolute atomic E-state index is 0.152. The van der Waals surface area contributed by atoms with Crippen LogP contribution in [0.25, 0.3) is 0 Å². The SMILES string of the molecule is O=C(O)CN(CC(=O)O)C(=O)NC1CCC(O)CC1. The second-order valence-electron chi connectivity index (χ2n) is 4.60. The third kappa shape index (κ3) is 5.56. The van der Waals surface area contributed by atoms with Crippen LogP contribution in [-0.2, 0) is 9.59 Å². The molecule has 0 bridgehead atoms. The maximum Gasteiger partial charge on any atom is 0.323 e. The molecule has 0 spiro atoms. The molecule has 1 rings (SSSR count). The van der Waals surface area contributed by atoms with Crippen molar-refractivity contribution in [2.45, 2.75) is 37.8 Å². The zero-order chi connectivity index (χ0) is 14.4. The van der Waals surface area contributed by atoms with Crippen molar-refractivity contribution >= 4 is 18.0 Å². The normalized spacial score (nSPS) is 22.6. The third-order valence-corrected chi connectivity index (χ3v) is 2.96. The number of rotatable bonds is 5. The number of aliphatic carboxylic acids is 2. The number of nitrogens with one attached hydrogen (secondary N) is 1. The fourth-order valence-corrected chi connectivity index (χ4v) is 2.01. The first kappa shape index (κ1) is 15.2. The largest absolute Gasteiger partial charge is 0.480 e. The van der Waals surface area contributed by atoms with Crippen molar-refractivity contribution in [1.82, 2.24) is 10.2 Å². The van der Waals surface area contributed by atoms with Crippen LogP contribution in [0.2, 0.25) is 0 Å². The summed E-state index contributed by atoms with van der Waals surface area (Å²) in [7, 11) is 0. The van der Waals surface area contributed by atoms with E-state index in [4.69, 9.17) is 10.2 Å². The number of carbonyl (C=O) groups excluding carboxylic acids is 1. The van der Waals surface area contributed by atoms with Gasteiger partial charge in [-0.05, 0) is 25.7 Å². The number of carboxylic acid groups (broad SMARTS) is 2. The highest BCUT2D eigenvalue weighted by Gasteiger charge is 2.25. The van der Waals surface area contributed by atoms with Crippen molar-refractivity contribution in [3.05, 3.63) is 0 Å². The minimum atomic E-state index is -1.27. The van der Waals surface area contributed by atoms with E-state index in [0.717, 1.165) is 4.90 Å². The Hall–Kier alpha value is -1.83. The highest BCUT2D eigenvalue weighted by molar-refractivity contribution is 5.84. The summed E-state index contributed by atoms with van der Waals surface area (Å²) in [6.07, 6.45) is 1.98. The summed E-state index contributed by atoms with van der Waals surface area (Å²) in [6.45, 7) is -1.32. The lowest BCUT2D eigenvalue weighted by Gasteiger charge is -2.28. The van der Waals surface area contributed by atoms with E-state index >= 15 is 0 Å². The molecule has 8 nitrogen and oxygen atoms in total. The number of hydrogen-bond donors (Lipinski definition) is 4. The van der Waals surface area contributed by atoms with Crippen LogP contribution in [0.1, 0.15) is 25.7 Å². The second kappa shape index (κ2) is 6.93. The first-order valence-corrected chi connectivity index (χ1v) is 6.05. The van der Waals surface area contributed by atoms with Gasteiger partial charge in [0.05, 0.1) is 6.10 Å². The molecule has 0 saturated heterocycles. The Bertz CT molecular complexity index is 335. The Labute approximate surface area is 110 Å². The molecule has 1 aliphatic rings. The average Bonchev–Trinajstić information content (AvgIpc) is 2.30. The number of nitrogens with zero attached hydrogens (tertiary/aromatic N) is 1. The summed E-state index contributed by atoms with van der Waals surface area (Å²) < 4.78 is 0. The molecule has 0 aromatic carbocycles. The van der Waals surface area contributed by atoms with E-state index in [9.17, 15) is 19.5 Å². The summed E-state index contributed by atoms with van der Waals surface area (Å²) in [5.41, 5.74) is 0. The predicted octanol–water partition coefficient (Wildman–Crippen LogP) is -0.529. The quantitative estimate of drug-likeness (QED) is 0.533. The molecule has 8 heteroatoms. The summed E-state index contributed by atoms with van der Waals surface area (Å²) >= 11 is 0. The molecular formula is C11H18N2O6. The average molecular weight is 274 g/mol. The van der Waals surface area contributed by atoms with Gasteiger partial charge in [0.15, 0.2) is 0 Å². The fourth-order valence-electron chi connectivity index (χ4n) is 2.01. The van der Waals surface area contributed by atoms with Crippen molar-refractivity contribution in [2.75, 3.05) is 13.1 Å². The van der Waals surface area contributed by atoms with Crippen LogP contribution in [-0.4, -0.2) is 63.4 Å². The predicted molar refractivity (Wildman–Crippen MR) is 63.6 cm³/mol. The Morgan fingerprint density at radius 2 is 1.47 bits per heavy atom. The molecule has 0 aromatic rings. The Balaban J connectivity index is 2.51. The molecule has 4 N–H and O–H groups in total. The molecule has 0 radical (unpaired) electrons. The van der Waals surface area contributed by atoms with Gasteiger partial charge >= 0.3 is 18.0 Å². The first-order valence-electron chi connectivity index (χ1n) is 6.05. The van der Waals surface area contributed by atoms with Crippen LogP contribution in [0.5, 0.6) is 0 Å². The van der Waals surface area contributed by atoms with Crippen LogP contribution in [0.15, 0.2) is 0 Å². The van der Waals surface area contributed by atoms with Gasteiger partial charge in [-0.15, -0.1) is 0 Å². The van der Waals surface area contributed by atoms with Gasteiger partial charge in [0.2, 0.25) is 0 Å². The summed E-state index contributed by atoms with van der Waals surface area (Å²) in [4.78, 5) is 33.7. The number of carboxylic acids is 2. The molecule has 0 heterocycles. The standard InChI is InChI=1S/C11H18N2O6/c14-8-3-1-7(2-4-8)12-11(19)13(5-9(15)16)6-10(17)18/h7-8,14H,1-6H2,(H,12,19)(H,15,16)(H,17,18). The second-order valence-corrected chi connectivity index (χ2v) is 4.60. The van der Waals surface area contributed by atoms with E-state index in [1.165, 1.54) is 0 Å². The van der Waals surface area contributed by atoms with Crippen LogP contribution in [0.3, 0.4) is 0 Å². The molecule has 1 fully saturated rings. The number of amides is 2. The smallest absolute Gasteiger partial charge is 0.323 e. The van der Waals surface area contributed by atoms with Gasteiger partial charge in [0.25, 0.3) is 0 Å². The maximum atomic E-state index is 11.8. The van der Waals surface area contributed by atoms with E-state index in [1.807, 2.05) is 0 Å². The minimum Gasteiger partial charge on any atom is -0.480 e. The van der Waals surface area contributed by atoms with Crippen LogP contribution >= 0.6 is 0 Å². The lowest BCUT2D eigenvalue weighted by atomic mass is 9.93. The first-order chi connectivity index (χ1) is 8.88. The number of urea groups is 1. The Kier molecular flexibility index (Phi) is 5.56. The Morgan fingerprint density at radius 3 is 1.89 bits per heavy atom. The maximum absolute atomic E-state index is 11.8. The molecule has 0 aliphatic heterocycles. The van der Waals surface area contributed by atoms with E-state index in [1.54, 1.807) is 0 Å². The molecule has 2 amide bonds. The van der Waals surface area contributed by atoms with Crippen molar-refractivity contribution in [2.24, 2.45) is 0 Å². The molecule has 108 valence electrons. The molecular weight excluding hydrogens is 256 g/mol. The number of carbonyl (C=O) groups is 3. The van der Waals surface area contributed by atoms with Gasteiger partial charge in [0, 0.05) is 6.04 Å². The molecule has 0 aromatic heterocycles. The molecule has 0 atom stereocenters. The van der Waals surface area contributed by atoms with Crippen LogP contribution in [0.4, 0.5) is 4.79 Å². The van der Waals surface area contributed by atoms with Crippen molar-refractivity contribution < 1.29 is 29.7 Å². The van der Waals surface area contributed by atoms with Gasteiger partial charge in [-0.25, -0.2) is 4.79 Å². The van der Waals surface area contributed by atoms with Gasteiger partial charge in [-0.1, -0.05) is 0 Å². The summed E-state index contributed by atoms with van der Waals surface area (Å²) in [5, 5.41) is 29.2. The van der Waals surface area contributed by atoms with Gasteiger partial charge in [-0.3, -0.25) is 9.59 Å². The summed E-state index contributed by atoms with van der Waals surface area (Å²) in [5.74, 6) is -2.54. The topological polar surface area (TPSA) is 127 Å². The lowest BCUT2D eigenvalue weighted by molar-refractivity contribution is -0.140. The molecule has 1 aliphatic carbocycles. The number of aliphatic hydroxyl groups excluding tert-OH is 1. The number of hydrogen-bond acceptors (Lipinski definition) is 4. The third-order valence-electron chi connectivity index (χ3n) is 2.96. The lowest BCUT2D eigenvalue weighted by Crippen LogP contribution is -2.49. The van der Waals surface area contributed by atoms with E-state index in [2.05, 4.69) is 5.32 Å². The fraction of sp³-hybridized carbons (Fsp3) is 0.727. The van der Waals surface area contributed by atoms with Gasteiger partial charge in [0.1, 0.15) is 13.1 Å². The molecule has 1 saturated carbocycles. The van der Waals surface area contributed by atoms with Gasteiger partial charge in [-0.2, -0.15) is 0 Å². The number of aliphatic hydroxyl groups is 1. The zero-order valence-electron chi connectivity index (χ0n) is 10.4. The molecule has 19 heavy (non-hydrogen) atoms. The Morgan fingerprint density at radius 1 is 1.00 bits per heavy atom. The van der Waals surface area contributed by atoms with Crippen LogP contribution < -0.4 is 5.32 Å². The van der Waals surface area contributed by atoms with E-state index in [-0.39, 0.29) is 12.1 Å². The van der Waals surface area contributed by atoms with E-state index < -0.39 is 31.1 Å². The summed E-state index contributed by atoms with van der Waals surface area (Å²) in [6, 6.07) is -0.854. The van der Waals surface area contributed by atoms with Crippen molar-refractivity contribution in [3.8, 4) is 0 Å². The zero-order valence-corrected chi connectivity index (χ0v) is 10.4. The van der Waals surface area contributed by atoms with Crippen molar-refractivity contribution in [1.29, 1.82) is 0 Å². The molecule has 0 unspecified atom stereocenters. The van der Waals surface area contributed by atoms with Gasteiger partial charge < -0.3 is 25.5 Å². The highest BCUT2D eigenvalue weighted by Crippen LogP contribution is 2.18. The van der Waals surface area contributed by atoms with E-state index in [0.29, 0.717) is 25.7 Å². The van der Waals surface area contributed by atoms with Crippen LogP contribution in [0, 0.1) is 0 Å².